The molecular formula is C18H13F3N2O2. The summed E-state index contributed by atoms with van der Waals surface area (Å²) in [6.07, 6.45) is 1.72. The van der Waals surface area contributed by atoms with Gasteiger partial charge < -0.3 is 9.73 Å². The molecule has 1 N–H and O–H groups in total. The van der Waals surface area contributed by atoms with Gasteiger partial charge in [0.05, 0.1) is 5.69 Å². The van der Waals surface area contributed by atoms with Gasteiger partial charge in [-0.15, -0.1) is 0 Å². The molecule has 128 valence electrons. The highest BCUT2D eigenvalue weighted by Gasteiger charge is 2.16. The molecule has 0 atom stereocenters. The van der Waals surface area contributed by atoms with E-state index in [9.17, 15) is 18.0 Å². The lowest BCUT2D eigenvalue weighted by atomic mass is 10.2. The van der Waals surface area contributed by atoms with Crippen LogP contribution in [0.1, 0.15) is 16.1 Å². The molecular weight excluding hydrogens is 333 g/mol. The van der Waals surface area contributed by atoms with Gasteiger partial charge in [0.25, 0.3) is 5.91 Å². The van der Waals surface area contributed by atoms with Crippen LogP contribution in [0.25, 0.3) is 11.5 Å². The predicted molar refractivity (Wildman–Crippen MR) is 84.3 cm³/mol. The molecule has 0 unspecified atom stereocenters. The van der Waals surface area contributed by atoms with E-state index in [1.807, 2.05) is 0 Å². The number of rotatable bonds is 5. The average molecular weight is 346 g/mol. The minimum absolute atomic E-state index is 0.127. The summed E-state index contributed by atoms with van der Waals surface area (Å²) in [6.45, 7) is 0.127. The first kappa shape index (κ1) is 16.8. The normalized spacial score (nSPS) is 10.7. The second-order valence-corrected chi connectivity index (χ2v) is 5.25. The molecule has 0 spiro atoms. The molecule has 0 saturated carbocycles. The van der Waals surface area contributed by atoms with Gasteiger partial charge in [0, 0.05) is 18.5 Å². The van der Waals surface area contributed by atoms with Crippen LogP contribution >= 0.6 is 0 Å². The Balaban J connectivity index is 1.59. The number of hydrogen-bond donors (Lipinski definition) is 1. The van der Waals surface area contributed by atoms with Crippen molar-refractivity contribution >= 4 is 5.91 Å². The molecule has 1 aromatic heterocycles. The third-order valence-electron chi connectivity index (χ3n) is 3.50. The summed E-state index contributed by atoms with van der Waals surface area (Å²) in [7, 11) is 0. The largest absolute Gasteiger partial charge is 0.444 e. The zero-order valence-electron chi connectivity index (χ0n) is 12.9. The van der Waals surface area contributed by atoms with Crippen LogP contribution in [0.15, 0.2) is 53.1 Å². The second-order valence-electron chi connectivity index (χ2n) is 5.25. The van der Waals surface area contributed by atoms with Crippen molar-refractivity contribution in [3.8, 4) is 11.5 Å². The minimum Gasteiger partial charge on any atom is -0.444 e. The zero-order valence-corrected chi connectivity index (χ0v) is 12.9. The molecule has 25 heavy (non-hydrogen) atoms. The number of benzene rings is 2. The first-order valence-electron chi connectivity index (χ1n) is 7.47. The highest BCUT2D eigenvalue weighted by Crippen LogP contribution is 2.19. The van der Waals surface area contributed by atoms with E-state index in [0.29, 0.717) is 23.6 Å². The maximum atomic E-state index is 13.5. The molecule has 4 nitrogen and oxygen atoms in total. The van der Waals surface area contributed by atoms with E-state index in [-0.39, 0.29) is 12.4 Å². The van der Waals surface area contributed by atoms with Crippen molar-refractivity contribution in [3.05, 3.63) is 77.4 Å². The van der Waals surface area contributed by atoms with Crippen LogP contribution in [0, 0.1) is 17.5 Å². The fraction of sp³-hybridized carbons (Fsp3) is 0.111. The van der Waals surface area contributed by atoms with E-state index in [4.69, 9.17) is 4.42 Å². The quantitative estimate of drug-likeness (QED) is 0.766. The highest BCUT2D eigenvalue weighted by molar-refractivity contribution is 5.94. The lowest BCUT2D eigenvalue weighted by Gasteiger charge is -2.05. The summed E-state index contributed by atoms with van der Waals surface area (Å²) in [4.78, 5) is 16.1. The van der Waals surface area contributed by atoms with Crippen molar-refractivity contribution in [2.24, 2.45) is 0 Å². The fourth-order valence-electron chi connectivity index (χ4n) is 2.25. The summed E-state index contributed by atoms with van der Waals surface area (Å²) in [5, 5.41) is 2.44. The summed E-state index contributed by atoms with van der Waals surface area (Å²) in [5.74, 6) is -2.71. The van der Waals surface area contributed by atoms with Gasteiger partial charge in [0.15, 0.2) is 0 Å². The topological polar surface area (TPSA) is 55.1 Å². The van der Waals surface area contributed by atoms with Crippen molar-refractivity contribution in [1.82, 2.24) is 10.3 Å². The zero-order chi connectivity index (χ0) is 17.8. The van der Waals surface area contributed by atoms with E-state index in [1.165, 1.54) is 36.6 Å². The minimum atomic E-state index is -0.919. The van der Waals surface area contributed by atoms with Crippen molar-refractivity contribution < 1.29 is 22.4 Å². The molecule has 0 aliphatic rings. The number of aromatic nitrogens is 1. The molecule has 0 radical (unpaired) electrons. The number of hydrogen-bond acceptors (Lipinski definition) is 3. The van der Waals surface area contributed by atoms with Gasteiger partial charge >= 0.3 is 0 Å². The van der Waals surface area contributed by atoms with Gasteiger partial charge in [-0.25, -0.2) is 18.2 Å². The van der Waals surface area contributed by atoms with Crippen LogP contribution in [-0.4, -0.2) is 17.4 Å². The Bertz CT molecular complexity index is 871. The van der Waals surface area contributed by atoms with Crippen LogP contribution in [0.4, 0.5) is 13.2 Å². The smallest absolute Gasteiger partial charge is 0.257 e. The van der Waals surface area contributed by atoms with E-state index in [2.05, 4.69) is 10.3 Å². The van der Waals surface area contributed by atoms with Gasteiger partial charge in [0.1, 0.15) is 29.3 Å². The van der Waals surface area contributed by atoms with Gasteiger partial charge in [-0.3, -0.25) is 4.79 Å². The molecule has 0 aliphatic carbocycles. The molecule has 1 heterocycles. The van der Waals surface area contributed by atoms with Crippen molar-refractivity contribution in [3.63, 3.8) is 0 Å². The highest BCUT2D eigenvalue weighted by atomic mass is 19.1. The maximum Gasteiger partial charge on any atom is 0.257 e. The molecule has 2 aromatic carbocycles. The van der Waals surface area contributed by atoms with Gasteiger partial charge in [-0.2, -0.15) is 0 Å². The van der Waals surface area contributed by atoms with Gasteiger partial charge in [0.2, 0.25) is 5.89 Å². The monoisotopic (exact) mass is 346 g/mol. The van der Waals surface area contributed by atoms with Gasteiger partial charge in [-0.05, 0) is 36.4 Å². The molecule has 3 rings (SSSR count). The van der Waals surface area contributed by atoms with Gasteiger partial charge in [-0.1, -0.05) is 6.07 Å². The first-order valence-corrected chi connectivity index (χ1v) is 7.47. The van der Waals surface area contributed by atoms with Crippen LogP contribution in [0.2, 0.25) is 0 Å². The van der Waals surface area contributed by atoms with Crippen LogP contribution in [0.5, 0.6) is 0 Å². The number of nitrogens with zero attached hydrogens (tertiary/aromatic N) is 1. The first-order chi connectivity index (χ1) is 12.0. The Hall–Kier alpha value is -3.09. The average Bonchev–Trinajstić information content (AvgIpc) is 3.04. The lowest BCUT2D eigenvalue weighted by molar-refractivity contribution is 0.0945. The van der Waals surface area contributed by atoms with Crippen molar-refractivity contribution in [2.75, 3.05) is 6.54 Å². The standard InChI is InChI=1S/C18H13F3N2O2/c19-12-6-4-11(5-7-12)18-23-13(10-25-18)8-9-22-17(24)16-14(20)2-1-3-15(16)21/h1-7,10H,8-9H2,(H,22,24). The van der Waals surface area contributed by atoms with E-state index < -0.39 is 23.1 Å². The molecule has 0 fully saturated rings. The summed E-state index contributed by atoms with van der Waals surface area (Å²) < 4.78 is 45.2. The molecule has 7 heteroatoms. The molecule has 1 amide bonds. The Morgan fingerprint density at radius 2 is 1.72 bits per heavy atom. The Labute approximate surface area is 141 Å². The number of nitrogens with one attached hydrogen (secondary N) is 1. The Morgan fingerprint density at radius 1 is 1.04 bits per heavy atom. The number of carbonyl (C=O) groups excluding carboxylic acids is 1. The Kier molecular flexibility index (Phi) is 4.83. The van der Waals surface area contributed by atoms with Crippen LogP contribution in [-0.2, 0) is 6.42 Å². The fourth-order valence-corrected chi connectivity index (χ4v) is 2.25. The van der Waals surface area contributed by atoms with Crippen LogP contribution in [0.3, 0.4) is 0 Å². The number of halogens is 3. The number of amides is 1. The maximum absolute atomic E-state index is 13.5. The van der Waals surface area contributed by atoms with E-state index in [0.717, 1.165) is 12.1 Å². The number of oxazole rings is 1. The third kappa shape index (κ3) is 3.88. The van der Waals surface area contributed by atoms with Crippen molar-refractivity contribution in [2.45, 2.75) is 6.42 Å². The lowest BCUT2D eigenvalue weighted by Crippen LogP contribution is -2.27. The van der Waals surface area contributed by atoms with E-state index >= 15 is 0 Å². The molecule has 0 saturated heterocycles. The second kappa shape index (κ2) is 7.21. The molecule has 3 aromatic rings. The SMILES string of the molecule is O=C(NCCc1coc(-c2ccc(F)cc2)n1)c1c(F)cccc1F. The molecule has 0 bridgehead atoms. The summed E-state index contributed by atoms with van der Waals surface area (Å²) >= 11 is 0. The third-order valence-corrected chi connectivity index (χ3v) is 3.50. The summed E-state index contributed by atoms with van der Waals surface area (Å²) in [5.41, 5.74) is 0.549. The number of carbonyl (C=O) groups is 1. The summed E-state index contributed by atoms with van der Waals surface area (Å²) in [6, 6.07) is 8.88. The Morgan fingerprint density at radius 3 is 2.40 bits per heavy atom. The van der Waals surface area contributed by atoms with Crippen molar-refractivity contribution in [1.29, 1.82) is 0 Å². The predicted octanol–water partition coefficient (Wildman–Crippen LogP) is 3.73. The molecule has 0 aliphatic heterocycles. The van der Waals surface area contributed by atoms with Crippen LogP contribution < -0.4 is 5.32 Å². The van der Waals surface area contributed by atoms with E-state index in [1.54, 1.807) is 0 Å².